The number of halogens is 1. The Hall–Kier alpha value is -0.410. The van der Waals surface area contributed by atoms with Crippen LogP contribution in [0.2, 0.25) is 0 Å². The highest BCUT2D eigenvalue weighted by Crippen LogP contribution is 2.23. The zero-order valence-electron chi connectivity index (χ0n) is 7.06. The molecule has 1 atom stereocenters. The van der Waals surface area contributed by atoms with E-state index in [2.05, 4.69) is 0 Å². The van der Waals surface area contributed by atoms with Crippen LogP contribution < -0.4 is 0 Å². The Kier molecular flexibility index (Phi) is 2.30. The monoisotopic (exact) mass is 160 g/mol. The average Bonchev–Trinajstić information content (AvgIpc) is 2.08. The fraction of sp³-hybridized carbons (Fsp3) is 0.750. The van der Waals surface area contributed by atoms with Crippen molar-refractivity contribution in [1.29, 1.82) is 0 Å². The summed E-state index contributed by atoms with van der Waals surface area (Å²) >= 11 is 0. The zero-order chi connectivity index (χ0) is 8.48. The highest BCUT2D eigenvalue weighted by Gasteiger charge is 2.31. The van der Waals surface area contributed by atoms with Gasteiger partial charge in [0.15, 0.2) is 5.79 Å². The summed E-state index contributed by atoms with van der Waals surface area (Å²) in [6.07, 6.45) is 1.20. The normalized spacial score (nSPS) is 30.9. The average molecular weight is 160 g/mol. The molecule has 1 rings (SSSR count). The van der Waals surface area contributed by atoms with E-state index in [1.807, 2.05) is 13.8 Å². The molecule has 0 radical (unpaired) electrons. The molecule has 0 bridgehead atoms. The third-order valence-electron chi connectivity index (χ3n) is 1.45. The molecule has 0 spiro atoms. The van der Waals surface area contributed by atoms with E-state index >= 15 is 0 Å². The SMILES string of the molecule is CC(F)=CC1COC(C)(C)O1. The lowest BCUT2D eigenvalue weighted by molar-refractivity contribution is -0.133. The van der Waals surface area contributed by atoms with Crippen LogP contribution in [-0.2, 0) is 9.47 Å². The van der Waals surface area contributed by atoms with Crippen molar-refractivity contribution >= 4 is 0 Å². The number of hydrogen-bond acceptors (Lipinski definition) is 2. The van der Waals surface area contributed by atoms with Crippen LogP contribution in [0.25, 0.3) is 0 Å². The number of hydrogen-bond donors (Lipinski definition) is 0. The van der Waals surface area contributed by atoms with Crippen molar-refractivity contribution in [1.82, 2.24) is 0 Å². The summed E-state index contributed by atoms with van der Waals surface area (Å²) in [5.74, 6) is -0.785. The Morgan fingerprint density at radius 3 is 2.64 bits per heavy atom. The lowest BCUT2D eigenvalue weighted by Gasteiger charge is -2.15. The van der Waals surface area contributed by atoms with Crippen LogP contribution in [0.1, 0.15) is 20.8 Å². The molecule has 0 aliphatic carbocycles. The van der Waals surface area contributed by atoms with Gasteiger partial charge >= 0.3 is 0 Å². The molecule has 64 valence electrons. The molecule has 11 heavy (non-hydrogen) atoms. The fourth-order valence-electron chi connectivity index (χ4n) is 1.05. The zero-order valence-corrected chi connectivity index (χ0v) is 7.06. The van der Waals surface area contributed by atoms with Gasteiger partial charge in [0, 0.05) is 0 Å². The quantitative estimate of drug-likeness (QED) is 0.584. The predicted molar refractivity (Wildman–Crippen MR) is 39.8 cm³/mol. The van der Waals surface area contributed by atoms with Gasteiger partial charge in [-0.3, -0.25) is 0 Å². The fourth-order valence-corrected chi connectivity index (χ4v) is 1.05. The molecular formula is C8H13FO2. The van der Waals surface area contributed by atoms with Crippen molar-refractivity contribution in [3.8, 4) is 0 Å². The van der Waals surface area contributed by atoms with Crippen LogP contribution in [0.5, 0.6) is 0 Å². The summed E-state index contributed by atoms with van der Waals surface area (Å²) in [6, 6.07) is 0. The maximum absolute atomic E-state index is 12.3. The Balaban J connectivity index is 2.49. The smallest absolute Gasteiger partial charge is 0.163 e. The number of rotatable bonds is 1. The molecule has 0 aromatic rings. The summed E-state index contributed by atoms with van der Waals surface area (Å²) in [5, 5.41) is 0. The first-order valence-corrected chi connectivity index (χ1v) is 3.65. The molecule has 1 aliphatic heterocycles. The van der Waals surface area contributed by atoms with E-state index < -0.39 is 5.79 Å². The van der Waals surface area contributed by atoms with Crippen molar-refractivity contribution in [3.63, 3.8) is 0 Å². The molecule has 2 nitrogen and oxygen atoms in total. The van der Waals surface area contributed by atoms with Crippen molar-refractivity contribution in [2.24, 2.45) is 0 Å². The lowest BCUT2D eigenvalue weighted by atomic mass is 10.3. The van der Waals surface area contributed by atoms with Gasteiger partial charge in [-0.2, -0.15) is 0 Å². The van der Waals surface area contributed by atoms with Crippen LogP contribution in [0.4, 0.5) is 4.39 Å². The second kappa shape index (κ2) is 2.91. The molecule has 1 heterocycles. The van der Waals surface area contributed by atoms with Gasteiger partial charge in [0.1, 0.15) is 6.10 Å². The van der Waals surface area contributed by atoms with Gasteiger partial charge in [0.25, 0.3) is 0 Å². The van der Waals surface area contributed by atoms with Crippen LogP contribution in [0, 0.1) is 0 Å². The van der Waals surface area contributed by atoms with Crippen LogP contribution in [0.15, 0.2) is 11.9 Å². The molecule has 0 amide bonds. The van der Waals surface area contributed by atoms with Gasteiger partial charge in [-0.15, -0.1) is 0 Å². The third kappa shape index (κ3) is 2.60. The van der Waals surface area contributed by atoms with E-state index in [4.69, 9.17) is 9.47 Å². The Morgan fingerprint density at radius 1 is 1.64 bits per heavy atom. The minimum atomic E-state index is -0.559. The summed E-state index contributed by atoms with van der Waals surface area (Å²) in [6.45, 7) is 5.46. The molecule has 0 N–H and O–H groups in total. The molecule has 1 aliphatic rings. The van der Waals surface area contributed by atoms with E-state index in [1.54, 1.807) is 0 Å². The summed E-state index contributed by atoms with van der Waals surface area (Å²) in [7, 11) is 0. The third-order valence-corrected chi connectivity index (χ3v) is 1.45. The van der Waals surface area contributed by atoms with E-state index in [9.17, 15) is 4.39 Å². The molecule has 0 saturated carbocycles. The second-order valence-electron chi connectivity index (χ2n) is 3.12. The summed E-state index contributed by atoms with van der Waals surface area (Å²) < 4.78 is 22.9. The maximum Gasteiger partial charge on any atom is 0.163 e. The lowest BCUT2D eigenvalue weighted by Crippen LogP contribution is -2.20. The molecular weight excluding hydrogens is 147 g/mol. The van der Waals surface area contributed by atoms with E-state index in [0.717, 1.165) is 0 Å². The Labute approximate surface area is 66.0 Å². The molecule has 3 heteroatoms. The summed E-state index contributed by atoms with van der Waals surface area (Å²) in [5.41, 5.74) is 0. The topological polar surface area (TPSA) is 18.5 Å². The predicted octanol–water partition coefficient (Wildman–Crippen LogP) is 2.01. The molecule has 0 aromatic carbocycles. The van der Waals surface area contributed by atoms with Crippen LogP contribution in [-0.4, -0.2) is 18.5 Å². The minimum absolute atomic E-state index is 0.226. The van der Waals surface area contributed by atoms with Gasteiger partial charge in [-0.05, 0) is 26.8 Å². The number of allylic oxidation sites excluding steroid dienone is 1. The van der Waals surface area contributed by atoms with Gasteiger partial charge in [-0.1, -0.05) is 0 Å². The second-order valence-corrected chi connectivity index (χ2v) is 3.12. The van der Waals surface area contributed by atoms with Crippen LogP contribution in [0.3, 0.4) is 0 Å². The highest BCUT2D eigenvalue weighted by molar-refractivity contribution is 4.96. The number of ether oxygens (including phenoxy) is 2. The maximum atomic E-state index is 12.3. The Morgan fingerprint density at radius 2 is 2.27 bits per heavy atom. The summed E-state index contributed by atoms with van der Waals surface area (Å²) in [4.78, 5) is 0. The first-order chi connectivity index (χ1) is 4.99. The first kappa shape index (κ1) is 8.68. The van der Waals surface area contributed by atoms with Crippen molar-refractivity contribution in [2.45, 2.75) is 32.7 Å². The van der Waals surface area contributed by atoms with E-state index in [0.29, 0.717) is 6.61 Å². The van der Waals surface area contributed by atoms with Crippen molar-refractivity contribution < 1.29 is 13.9 Å². The molecule has 1 fully saturated rings. The Bertz CT molecular complexity index is 171. The van der Waals surface area contributed by atoms with Crippen molar-refractivity contribution in [2.75, 3.05) is 6.61 Å². The van der Waals surface area contributed by atoms with Gasteiger partial charge in [0.05, 0.1) is 12.4 Å². The molecule has 0 aromatic heterocycles. The van der Waals surface area contributed by atoms with Crippen molar-refractivity contribution in [3.05, 3.63) is 11.9 Å². The standard InChI is InChI=1S/C8H13FO2/c1-6(9)4-7-5-10-8(2,3)11-7/h4,7H,5H2,1-3H3. The van der Waals surface area contributed by atoms with Gasteiger partial charge < -0.3 is 9.47 Å². The highest BCUT2D eigenvalue weighted by atomic mass is 19.1. The molecule has 1 saturated heterocycles. The van der Waals surface area contributed by atoms with E-state index in [1.165, 1.54) is 13.0 Å². The first-order valence-electron chi connectivity index (χ1n) is 3.65. The molecule has 1 unspecified atom stereocenters. The van der Waals surface area contributed by atoms with E-state index in [-0.39, 0.29) is 11.9 Å². The van der Waals surface area contributed by atoms with Crippen LogP contribution >= 0.6 is 0 Å². The van der Waals surface area contributed by atoms with Gasteiger partial charge in [-0.25, -0.2) is 4.39 Å². The van der Waals surface area contributed by atoms with Gasteiger partial charge in [0.2, 0.25) is 0 Å². The minimum Gasteiger partial charge on any atom is -0.347 e. The largest absolute Gasteiger partial charge is 0.347 e.